The molecule has 0 spiro atoms. The van der Waals surface area contributed by atoms with E-state index in [4.69, 9.17) is 5.73 Å². The van der Waals surface area contributed by atoms with E-state index in [-0.39, 0.29) is 11.8 Å². The fourth-order valence-electron chi connectivity index (χ4n) is 2.41. The number of hydrogen-bond donors (Lipinski definition) is 1. The quantitative estimate of drug-likeness (QED) is 0.777. The van der Waals surface area contributed by atoms with Crippen LogP contribution in [0, 0.1) is 0 Å². The van der Waals surface area contributed by atoms with Gasteiger partial charge in [0, 0.05) is 18.0 Å². The van der Waals surface area contributed by atoms with Crippen molar-refractivity contribution in [1.29, 1.82) is 0 Å². The van der Waals surface area contributed by atoms with Crippen molar-refractivity contribution >= 4 is 5.78 Å². The number of ketones is 1. The van der Waals surface area contributed by atoms with Crippen molar-refractivity contribution in [3.8, 4) is 0 Å². The van der Waals surface area contributed by atoms with Crippen molar-refractivity contribution in [2.75, 3.05) is 0 Å². The molecule has 98 valence electrons. The second-order valence-corrected chi connectivity index (χ2v) is 5.54. The minimum atomic E-state index is 0.193. The van der Waals surface area contributed by atoms with Crippen molar-refractivity contribution in [3.63, 3.8) is 0 Å². The van der Waals surface area contributed by atoms with Crippen LogP contribution in [0.15, 0.2) is 24.3 Å². The van der Waals surface area contributed by atoms with Crippen molar-refractivity contribution < 1.29 is 4.79 Å². The van der Waals surface area contributed by atoms with E-state index >= 15 is 0 Å². The first-order valence-corrected chi connectivity index (χ1v) is 7.05. The zero-order valence-electron chi connectivity index (χ0n) is 11.2. The lowest BCUT2D eigenvalue weighted by Crippen LogP contribution is -2.14. The molecule has 0 amide bonds. The third-order valence-corrected chi connectivity index (χ3v) is 3.87. The van der Waals surface area contributed by atoms with Gasteiger partial charge in [-0.3, -0.25) is 4.79 Å². The highest BCUT2D eigenvalue weighted by Crippen LogP contribution is 2.36. The summed E-state index contributed by atoms with van der Waals surface area (Å²) in [6, 6.07) is 8.42. The third kappa shape index (κ3) is 3.42. The first-order valence-electron chi connectivity index (χ1n) is 7.05. The van der Waals surface area contributed by atoms with Crippen LogP contribution in [-0.4, -0.2) is 11.8 Å². The van der Waals surface area contributed by atoms with E-state index in [1.165, 1.54) is 24.8 Å². The second kappa shape index (κ2) is 6.14. The van der Waals surface area contributed by atoms with Crippen LogP contribution in [0.3, 0.4) is 0 Å². The Balaban J connectivity index is 1.86. The Bertz CT molecular complexity index is 390. The molecule has 0 aliphatic heterocycles. The predicted molar refractivity (Wildman–Crippen MR) is 74.9 cm³/mol. The maximum absolute atomic E-state index is 12.0. The summed E-state index contributed by atoms with van der Waals surface area (Å²) in [5.74, 6) is 0.989. The van der Waals surface area contributed by atoms with Gasteiger partial charge in [-0.05, 0) is 44.1 Å². The number of rotatable bonds is 6. The lowest BCUT2D eigenvalue weighted by atomic mass is 9.80. The fourth-order valence-corrected chi connectivity index (χ4v) is 2.41. The van der Waals surface area contributed by atoms with Gasteiger partial charge in [-0.2, -0.15) is 0 Å². The Hall–Kier alpha value is -1.15. The van der Waals surface area contributed by atoms with Crippen LogP contribution in [0.1, 0.15) is 67.3 Å². The predicted octanol–water partition coefficient (Wildman–Crippen LogP) is 3.65. The molecule has 0 aromatic heterocycles. The van der Waals surface area contributed by atoms with Crippen molar-refractivity contribution in [3.05, 3.63) is 35.4 Å². The summed E-state index contributed by atoms with van der Waals surface area (Å²) in [5, 5.41) is 0. The molecule has 2 heteroatoms. The molecular weight excluding hydrogens is 222 g/mol. The molecular formula is C16H23NO. The highest BCUT2D eigenvalue weighted by molar-refractivity contribution is 5.96. The van der Waals surface area contributed by atoms with Crippen molar-refractivity contribution in [2.45, 2.75) is 57.4 Å². The summed E-state index contributed by atoms with van der Waals surface area (Å²) in [6.07, 6.45) is 6.39. The minimum absolute atomic E-state index is 0.193. The summed E-state index contributed by atoms with van der Waals surface area (Å²) < 4.78 is 0. The first-order chi connectivity index (χ1) is 8.66. The molecule has 0 saturated heterocycles. The number of benzene rings is 1. The number of nitrogens with two attached hydrogens (primary N) is 1. The van der Waals surface area contributed by atoms with Crippen LogP contribution in [0.4, 0.5) is 0 Å². The molecule has 1 aromatic carbocycles. The molecule has 0 heterocycles. The highest BCUT2D eigenvalue weighted by Gasteiger charge is 2.19. The zero-order chi connectivity index (χ0) is 13.0. The summed E-state index contributed by atoms with van der Waals surface area (Å²) in [5.41, 5.74) is 7.93. The van der Waals surface area contributed by atoms with Gasteiger partial charge < -0.3 is 5.73 Å². The monoisotopic (exact) mass is 245 g/mol. The molecule has 1 saturated carbocycles. The molecule has 2 rings (SSSR count). The van der Waals surface area contributed by atoms with Gasteiger partial charge in [-0.15, -0.1) is 0 Å². The molecule has 1 aliphatic carbocycles. The van der Waals surface area contributed by atoms with E-state index < -0.39 is 0 Å². The number of carbonyl (C=O) groups is 1. The molecule has 1 aliphatic rings. The molecule has 18 heavy (non-hydrogen) atoms. The molecule has 2 N–H and O–H groups in total. The molecule has 1 unspecified atom stereocenters. The van der Waals surface area contributed by atoms with Crippen LogP contribution < -0.4 is 5.73 Å². The first kappa shape index (κ1) is 13.3. The SMILES string of the molecule is CC(N)CCCC(=O)c1ccc(C2CCC2)cc1. The molecule has 1 fully saturated rings. The van der Waals surface area contributed by atoms with E-state index in [1.807, 2.05) is 19.1 Å². The second-order valence-electron chi connectivity index (χ2n) is 5.54. The van der Waals surface area contributed by atoms with Crippen LogP contribution in [0.25, 0.3) is 0 Å². The Morgan fingerprint density at radius 2 is 2.00 bits per heavy atom. The average Bonchev–Trinajstić information content (AvgIpc) is 2.27. The Kier molecular flexibility index (Phi) is 4.54. The lowest BCUT2D eigenvalue weighted by Gasteiger charge is -2.25. The number of carbonyl (C=O) groups excluding carboxylic acids is 1. The van der Waals surface area contributed by atoms with E-state index in [2.05, 4.69) is 12.1 Å². The topological polar surface area (TPSA) is 43.1 Å². The fraction of sp³-hybridized carbons (Fsp3) is 0.562. The Morgan fingerprint density at radius 1 is 1.33 bits per heavy atom. The molecule has 2 nitrogen and oxygen atoms in total. The number of hydrogen-bond acceptors (Lipinski definition) is 2. The van der Waals surface area contributed by atoms with Crippen LogP contribution in [0.2, 0.25) is 0 Å². The van der Waals surface area contributed by atoms with E-state index in [1.54, 1.807) is 0 Å². The van der Waals surface area contributed by atoms with E-state index in [0.717, 1.165) is 24.3 Å². The molecule has 1 aromatic rings. The van der Waals surface area contributed by atoms with Crippen LogP contribution >= 0.6 is 0 Å². The third-order valence-electron chi connectivity index (χ3n) is 3.87. The minimum Gasteiger partial charge on any atom is -0.328 e. The molecule has 0 bridgehead atoms. The maximum atomic E-state index is 12.0. The van der Waals surface area contributed by atoms with E-state index in [0.29, 0.717) is 6.42 Å². The van der Waals surface area contributed by atoms with Crippen LogP contribution in [-0.2, 0) is 0 Å². The summed E-state index contributed by atoms with van der Waals surface area (Å²) >= 11 is 0. The van der Waals surface area contributed by atoms with Gasteiger partial charge >= 0.3 is 0 Å². The Morgan fingerprint density at radius 3 is 2.50 bits per heavy atom. The average molecular weight is 245 g/mol. The lowest BCUT2D eigenvalue weighted by molar-refractivity contribution is 0.0979. The summed E-state index contributed by atoms with van der Waals surface area (Å²) in [4.78, 5) is 12.0. The van der Waals surface area contributed by atoms with Crippen molar-refractivity contribution in [1.82, 2.24) is 0 Å². The maximum Gasteiger partial charge on any atom is 0.162 e. The number of Topliss-reactive ketones (excluding diaryl/α,β-unsaturated/α-hetero) is 1. The van der Waals surface area contributed by atoms with E-state index in [9.17, 15) is 4.79 Å². The molecule has 1 atom stereocenters. The van der Waals surface area contributed by atoms with Gasteiger partial charge in [0.2, 0.25) is 0 Å². The van der Waals surface area contributed by atoms with Gasteiger partial charge in [0.1, 0.15) is 0 Å². The standard InChI is InChI=1S/C16H23NO/c1-12(17)4-2-7-16(18)15-10-8-14(9-11-15)13-5-3-6-13/h8-13H,2-7,17H2,1H3. The highest BCUT2D eigenvalue weighted by atomic mass is 16.1. The van der Waals surface area contributed by atoms with Gasteiger partial charge in [0.25, 0.3) is 0 Å². The normalized spacial score (nSPS) is 17.2. The summed E-state index contributed by atoms with van der Waals surface area (Å²) in [7, 11) is 0. The van der Waals surface area contributed by atoms with Gasteiger partial charge in [0.15, 0.2) is 5.78 Å². The largest absolute Gasteiger partial charge is 0.328 e. The van der Waals surface area contributed by atoms with Crippen molar-refractivity contribution in [2.24, 2.45) is 5.73 Å². The molecule has 0 radical (unpaired) electrons. The van der Waals surface area contributed by atoms with Gasteiger partial charge in [-0.25, -0.2) is 0 Å². The smallest absolute Gasteiger partial charge is 0.162 e. The zero-order valence-corrected chi connectivity index (χ0v) is 11.2. The summed E-state index contributed by atoms with van der Waals surface area (Å²) in [6.45, 7) is 1.98. The van der Waals surface area contributed by atoms with Crippen LogP contribution in [0.5, 0.6) is 0 Å². The van der Waals surface area contributed by atoms with Gasteiger partial charge in [-0.1, -0.05) is 30.7 Å². The Labute approximate surface area is 110 Å². The van der Waals surface area contributed by atoms with Gasteiger partial charge in [0.05, 0.1) is 0 Å².